The topological polar surface area (TPSA) is 64.2 Å². The molecule has 2 heterocycles. The fourth-order valence-electron chi connectivity index (χ4n) is 1.81. The first-order chi connectivity index (χ1) is 7.97. The van der Waals surface area contributed by atoms with Crippen molar-refractivity contribution >= 4 is 33.1 Å². The van der Waals surface area contributed by atoms with Crippen molar-refractivity contribution in [3.8, 4) is 0 Å². The Balaban J connectivity index is 2.61. The van der Waals surface area contributed by atoms with Crippen LogP contribution in [0.4, 0.5) is 5.69 Å². The van der Waals surface area contributed by atoms with Gasteiger partial charge in [-0.15, -0.1) is 11.3 Å². The lowest BCUT2D eigenvalue weighted by molar-refractivity contribution is 0.0808. The predicted molar refractivity (Wildman–Crippen MR) is 70.4 cm³/mol. The van der Waals surface area contributed by atoms with Crippen molar-refractivity contribution < 1.29 is 4.79 Å². The van der Waals surface area contributed by atoms with Crippen LogP contribution in [0.2, 0.25) is 0 Å². The van der Waals surface area contributed by atoms with Crippen molar-refractivity contribution in [1.29, 1.82) is 0 Å². The van der Waals surface area contributed by atoms with Gasteiger partial charge in [-0.3, -0.25) is 9.48 Å². The zero-order valence-corrected chi connectivity index (χ0v) is 11.3. The van der Waals surface area contributed by atoms with Crippen LogP contribution in [0.15, 0.2) is 0 Å². The number of nitrogen functional groups attached to an aromatic ring is 1. The summed E-state index contributed by atoms with van der Waals surface area (Å²) >= 11 is 1.41. The second kappa shape index (κ2) is 4.03. The van der Waals surface area contributed by atoms with Gasteiger partial charge in [-0.2, -0.15) is 5.10 Å². The van der Waals surface area contributed by atoms with E-state index in [0.29, 0.717) is 17.1 Å². The molecule has 0 saturated carbocycles. The van der Waals surface area contributed by atoms with Crippen LogP contribution in [-0.4, -0.2) is 34.2 Å². The molecule has 2 aromatic heterocycles. The highest BCUT2D eigenvalue weighted by Crippen LogP contribution is 2.35. The molecule has 1 amide bonds. The Morgan fingerprint density at radius 2 is 2.24 bits per heavy atom. The summed E-state index contributed by atoms with van der Waals surface area (Å²) < 4.78 is 1.77. The van der Waals surface area contributed by atoms with Gasteiger partial charge < -0.3 is 10.6 Å². The first-order valence-electron chi connectivity index (χ1n) is 5.44. The molecule has 92 valence electrons. The van der Waals surface area contributed by atoms with Gasteiger partial charge in [-0.05, 0) is 13.8 Å². The van der Waals surface area contributed by atoms with E-state index < -0.39 is 0 Å². The van der Waals surface area contributed by atoms with Crippen LogP contribution in [0.25, 0.3) is 10.2 Å². The first kappa shape index (κ1) is 11.9. The lowest BCUT2D eigenvalue weighted by Gasteiger charge is -2.13. The molecule has 0 unspecified atom stereocenters. The molecule has 0 spiro atoms. The average Bonchev–Trinajstić information content (AvgIpc) is 2.77. The van der Waals surface area contributed by atoms with Crippen molar-refractivity contribution in [3.05, 3.63) is 10.6 Å². The molecule has 2 aromatic rings. The number of nitrogens with two attached hydrogens (primary N) is 1. The summed E-state index contributed by atoms with van der Waals surface area (Å²) in [6, 6.07) is 0. The van der Waals surface area contributed by atoms with E-state index in [-0.39, 0.29) is 5.91 Å². The Bertz CT molecular complexity index is 584. The van der Waals surface area contributed by atoms with Crippen LogP contribution in [0.1, 0.15) is 22.3 Å². The second-order valence-electron chi connectivity index (χ2n) is 4.05. The molecule has 0 aliphatic carbocycles. The maximum atomic E-state index is 12.1. The number of fused-ring (bicyclic) bond motifs is 1. The van der Waals surface area contributed by atoms with Crippen LogP contribution >= 0.6 is 11.3 Å². The monoisotopic (exact) mass is 252 g/mol. The molecule has 0 aliphatic rings. The van der Waals surface area contributed by atoms with E-state index in [1.807, 2.05) is 20.9 Å². The van der Waals surface area contributed by atoms with E-state index in [4.69, 9.17) is 5.73 Å². The zero-order valence-electron chi connectivity index (χ0n) is 10.4. The first-order valence-corrected chi connectivity index (χ1v) is 6.26. The highest BCUT2D eigenvalue weighted by atomic mass is 32.1. The van der Waals surface area contributed by atoms with Gasteiger partial charge in [0.05, 0.1) is 16.8 Å². The van der Waals surface area contributed by atoms with Crippen molar-refractivity contribution in [2.75, 3.05) is 19.3 Å². The van der Waals surface area contributed by atoms with Crippen molar-refractivity contribution in [1.82, 2.24) is 14.7 Å². The molecule has 2 rings (SSSR count). The minimum absolute atomic E-state index is 0.0226. The van der Waals surface area contributed by atoms with Gasteiger partial charge in [0, 0.05) is 20.6 Å². The van der Waals surface area contributed by atoms with Crippen molar-refractivity contribution in [2.45, 2.75) is 13.8 Å². The maximum Gasteiger partial charge on any atom is 0.265 e. The number of amides is 1. The fourth-order valence-corrected chi connectivity index (χ4v) is 2.99. The summed E-state index contributed by atoms with van der Waals surface area (Å²) in [6.07, 6.45) is 0. The second-order valence-corrected chi connectivity index (χ2v) is 5.05. The standard InChI is InChI=1S/C11H16N4OS/c1-5-14(3)10(16)9-8(12)7-6(2)13-15(4)11(7)17-9/h5,12H2,1-4H3. The minimum atomic E-state index is -0.0226. The summed E-state index contributed by atoms with van der Waals surface area (Å²) in [5.74, 6) is -0.0226. The third-order valence-corrected chi connectivity index (χ3v) is 4.16. The van der Waals surface area contributed by atoms with Gasteiger partial charge in [0.15, 0.2) is 0 Å². The number of thiophene rings is 1. The summed E-state index contributed by atoms with van der Waals surface area (Å²) in [5.41, 5.74) is 7.48. The highest BCUT2D eigenvalue weighted by molar-refractivity contribution is 7.21. The van der Waals surface area contributed by atoms with Crippen molar-refractivity contribution in [3.63, 3.8) is 0 Å². The van der Waals surface area contributed by atoms with E-state index >= 15 is 0 Å². The SMILES string of the molecule is CCN(C)C(=O)c1sc2c(c(C)nn2C)c1N. The largest absolute Gasteiger partial charge is 0.397 e. The third kappa shape index (κ3) is 1.68. The van der Waals surface area contributed by atoms with E-state index in [2.05, 4.69) is 5.10 Å². The molecule has 0 aliphatic heterocycles. The van der Waals surface area contributed by atoms with Gasteiger partial charge in [0.1, 0.15) is 9.71 Å². The van der Waals surface area contributed by atoms with Crippen LogP contribution in [0.3, 0.4) is 0 Å². The zero-order chi connectivity index (χ0) is 12.7. The van der Waals surface area contributed by atoms with Crippen LogP contribution in [-0.2, 0) is 7.05 Å². The van der Waals surface area contributed by atoms with E-state index in [0.717, 1.165) is 15.9 Å². The lowest BCUT2D eigenvalue weighted by atomic mass is 10.2. The molecule has 0 aromatic carbocycles. The number of hydrogen-bond donors (Lipinski definition) is 1. The molecule has 5 nitrogen and oxygen atoms in total. The summed E-state index contributed by atoms with van der Waals surface area (Å²) in [4.78, 5) is 15.3. The Hall–Kier alpha value is -1.56. The Labute approximate surface area is 104 Å². The molecule has 0 fully saturated rings. The molecule has 0 bridgehead atoms. The number of carbonyl (C=O) groups is 1. The number of hydrogen-bond acceptors (Lipinski definition) is 4. The molecule has 0 atom stereocenters. The average molecular weight is 252 g/mol. The molecule has 6 heteroatoms. The number of anilines is 1. The number of rotatable bonds is 2. The molecule has 0 saturated heterocycles. The smallest absolute Gasteiger partial charge is 0.265 e. The van der Waals surface area contributed by atoms with E-state index in [1.165, 1.54) is 11.3 Å². The van der Waals surface area contributed by atoms with Gasteiger partial charge in [0.2, 0.25) is 0 Å². The highest BCUT2D eigenvalue weighted by Gasteiger charge is 2.22. The summed E-state index contributed by atoms with van der Waals surface area (Å²) in [6.45, 7) is 4.52. The fraction of sp³-hybridized carbons (Fsp3) is 0.455. The molecule has 0 radical (unpaired) electrons. The van der Waals surface area contributed by atoms with E-state index in [9.17, 15) is 4.79 Å². The van der Waals surface area contributed by atoms with Crippen LogP contribution in [0, 0.1) is 6.92 Å². The predicted octanol–water partition coefficient (Wildman–Crippen LogP) is 1.62. The Kier molecular flexibility index (Phi) is 2.82. The van der Waals surface area contributed by atoms with Gasteiger partial charge in [-0.1, -0.05) is 0 Å². The number of aromatic nitrogens is 2. The number of carbonyl (C=O) groups excluding carboxylic acids is 1. The summed E-state index contributed by atoms with van der Waals surface area (Å²) in [5, 5.41) is 5.21. The number of aryl methyl sites for hydroxylation is 2. The molecule has 17 heavy (non-hydrogen) atoms. The van der Waals surface area contributed by atoms with Gasteiger partial charge in [-0.25, -0.2) is 0 Å². The molecular formula is C11H16N4OS. The summed E-state index contributed by atoms with van der Waals surface area (Å²) in [7, 11) is 3.64. The Morgan fingerprint density at radius 1 is 1.59 bits per heavy atom. The van der Waals surface area contributed by atoms with Crippen molar-refractivity contribution in [2.24, 2.45) is 7.05 Å². The minimum Gasteiger partial charge on any atom is -0.397 e. The maximum absolute atomic E-state index is 12.1. The van der Waals surface area contributed by atoms with Gasteiger partial charge >= 0.3 is 0 Å². The normalized spacial score (nSPS) is 11.1. The van der Waals surface area contributed by atoms with E-state index in [1.54, 1.807) is 16.6 Å². The quantitative estimate of drug-likeness (QED) is 0.883. The molecule has 2 N–H and O–H groups in total. The molecular weight excluding hydrogens is 236 g/mol. The number of nitrogens with zero attached hydrogens (tertiary/aromatic N) is 3. The van der Waals surface area contributed by atoms with Gasteiger partial charge in [0.25, 0.3) is 5.91 Å². The van der Waals surface area contributed by atoms with Crippen LogP contribution in [0.5, 0.6) is 0 Å². The third-order valence-electron chi connectivity index (χ3n) is 2.90. The Morgan fingerprint density at radius 3 is 2.76 bits per heavy atom. The van der Waals surface area contributed by atoms with Crippen LogP contribution < -0.4 is 5.73 Å². The lowest BCUT2D eigenvalue weighted by Crippen LogP contribution is -2.26.